The summed E-state index contributed by atoms with van der Waals surface area (Å²) in [6.07, 6.45) is 2.45. The van der Waals surface area contributed by atoms with Crippen molar-refractivity contribution in [3.63, 3.8) is 0 Å². The Hall–Kier alpha value is -2.21. The number of carbonyl (C=O) groups excluding carboxylic acids is 1. The highest BCUT2D eigenvalue weighted by molar-refractivity contribution is 6.29. The van der Waals surface area contributed by atoms with E-state index in [2.05, 4.69) is 4.98 Å². The number of carbonyl (C=O) groups is 1. The second-order valence-corrected chi connectivity index (χ2v) is 5.21. The summed E-state index contributed by atoms with van der Waals surface area (Å²) in [5.41, 5.74) is 0. The van der Waals surface area contributed by atoms with Crippen LogP contribution < -0.4 is 9.47 Å². The molecule has 7 heteroatoms. The zero-order chi connectivity index (χ0) is 16.7. The molecule has 124 valence electrons. The Morgan fingerprint density at radius 2 is 1.87 bits per heavy atom. The van der Waals surface area contributed by atoms with Gasteiger partial charge >= 0.3 is 5.97 Å². The number of benzene rings is 1. The van der Waals surface area contributed by atoms with E-state index in [0.717, 1.165) is 12.2 Å². The molecule has 0 fully saturated rings. The first-order chi connectivity index (χ1) is 11.1. The highest BCUT2D eigenvalue weighted by Gasteiger charge is 2.09. The van der Waals surface area contributed by atoms with Gasteiger partial charge in [-0.05, 0) is 30.7 Å². The average Bonchev–Trinajstić information content (AvgIpc) is 2.89. The van der Waals surface area contributed by atoms with E-state index < -0.39 is 5.97 Å². The second-order valence-electron chi connectivity index (χ2n) is 4.83. The first kappa shape index (κ1) is 17.1. The van der Waals surface area contributed by atoms with Crippen LogP contribution in [-0.4, -0.2) is 28.7 Å². The molecule has 0 amide bonds. The maximum atomic E-state index is 11.7. The summed E-state index contributed by atoms with van der Waals surface area (Å²) in [5, 5.41) is 0.484. The van der Waals surface area contributed by atoms with Crippen molar-refractivity contribution in [1.82, 2.24) is 9.55 Å². The van der Waals surface area contributed by atoms with Crippen molar-refractivity contribution in [3.05, 3.63) is 41.4 Å². The van der Waals surface area contributed by atoms with Gasteiger partial charge in [0.15, 0.2) is 6.61 Å². The Kier molecular flexibility index (Phi) is 6.29. The zero-order valence-electron chi connectivity index (χ0n) is 13.1. The fourth-order valence-electron chi connectivity index (χ4n) is 1.74. The van der Waals surface area contributed by atoms with Gasteiger partial charge in [0.05, 0.1) is 12.8 Å². The number of imidazole rings is 1. The van der Waals surface area contributed by atoms with Crippen LogP contribution >= 0.6 is 11.6 Å². The van der Waals surface area contributed by atoms with Crippen LogP contribution in [0.15, 0.2) is 30.5 Å². The Labute approximate surface area is 139 Å². The summed E-state index contributed by atoms with van der Waals surface area (Å²) in [6, 6.07) is 7.09. The van der Waals surface area contributed by atoms with E-state index >= 15 is 0 Å². The minimum atomic E-state index is -0.476. The van der Waals surface area contributed by atoms with Crippen LogP contribution in [0.25, 0.3) is 0 Å². The van der Waals surface area contributed by atoms with Crippen LogP contribution in [0, 0.1) is 0 Å². The van der Waals surface area contributed by atoms with Gasteiger partial charge in [0.1, 0.15) is 29.1 Å². The molecule has 2 aromatic rings. The van der Waals surface area contributed by atoms with Crippen LogP contribution in [0.1, 0.15) is 19.2 Å². The summed E-state index contributed by atoms with van der Waals surface area (Å²) < 4.78 is 17.6. The molecule has 1 aromatic carbocycles. The second kappa shape index (κ2) is 8.43. The molecule has 0 saturated heterocycles. The summed E-state index contributed by atoms with van der Waals surface area (Å²) >= 11 is 5.86. The molecule has 0 saturated carbocycles. The van der Waals surface area contributed by atoms with E-state index in [1.54, 1.807) is 35.9 Å². The van der Waals surface area contributed by atoms with E-state index in [1.165, 1.54) is 6.20 Å². The molecule has 0 spiro atoms. The summed E-state index contributed by atoms with van der Waals surface area (Å²) in [4.78, 5) is 15.7. The van der Waals surface area contributed by atoms with Gasteiger partial charge < -0.3 is 18.8 Å². The Balaban J connectivity index is 1.74. The molecular formula is C16H19ClN2O4. The Morgan fingerprint density at radius 3 is 2.43 bits per heavy atom. The van der Waals surface area contributed by atoms with Crippen molar-refractivity contribution in [1.29, 1.82) is 0 Å². The smallest absolute Gasteiger partial charge is 0.344 e. The topological polar surface area (TPSA) is 62.6 Å². The number of hydrogen-bond donors (Lipinski definition) is 0. The minimum absolute atomic E-state index is 0.0508. The highest BCUT2D eigenvalue weighted by atomic mass is 35.5. The molecule has 0 aliphatic carbocycles. The molecule has 1 aromatic heterocycles. The van der Waals surface area contributed by atoms with E-state index in [4.69, 9.17) is 25.8 Å². The predicted octanol–water partition coefficient (Wildman–Crippen LogP) is 2.98. The Morgan fingerprint density at radius 1 is 1.22 bits per heavy atom. The van der Waals surface area contributed by atoms with Gasteiger partial charge in [0.25, 0.3) is 0 Å². The van der Waals surface area contributed by atoms with Crippen LogP contribution in [0.5, 0.6) is 11.5 Å². The van der Waals surface area contributed by atoms with E-state index in [1.807, 2.05) is 6.92 Å². The van der Waals surface area contributed by atoms with Crippen molar-refractivity contribution in [2.75, 3.05) is 13.2 Å². The molecule has 0 bridgehead atoms. The number of hydrogen-bond acceptors (Lipinski definition) is 5. The molecule has 6 nitrogen and oxygen atoms in total. The number of ether oxygens (including phenoxy) is 3. The van der Waals surface area contributed by atoms with Gasteiger partial charge in [-0.25, -0.2) is 9.78 Å². The van der Waals surface area contributed by atoms with E-state index in [0.29, 0.717) is 23.3 Å². The molecule has 0 atom stereocenters. The first-order valence-electron chi connectivity index (χ1n) is 7.27. The molecule has 0 aliphatic heterocycles. The maximum absolute atomic E-state index is 11.7. The van der Waals surface area contributed by atoms with Crippen molar-refractivity contribution < 1.29 is 19.0 Å². The number of aromatic nitrogens is 2. The van der Waals surface area contributed by atoms with Crippen LogP contribution in [0.3, 0.4) is 0 Å². The molecule has 1 heterocycles. The van der Waals surface area contributed by atoms with Gasteiger partial charge in [-0.15, -0.1) is 0 Å². The number of rotatable bonds is 8. The standard InChI is InChI=1S/C16H19ClN2O4/c1-3-8-21-12-4-6-13(7-5-12)22-11-16(20)23-10-15-18-9-14(17)19(15)2/h4-7,9H,3,8,10-11H2,1-2H3. The summed E-state index contributed by atoms with van der Waals surface area (Å²) in [6.45, 7) is 2.59. The average molecular weight is 339 g/mol. The molecule has 0 unspecified atom stereocenters. The van der Waals surface area contributed by atoms with Crippen LogP contribution in [-0.2, 0) is 23.2 Å². The molecular weight excluding hydrogens is 320 g/mol. The molecule has 2 rings (SSSR count). The van der Waals surface area contributed by atoms with Gasteiger partial charge in [-0.3, -0.25) is 0 Å². The van der Waals surface area contributed by atoms with Gasteiger partial charge in [-0.2, -0.15) is 0 Å². The first-order valence-corrected chi connectivity index (χ1v) is 7.65. The summed E-state index contributed by atoms with van der Waals surface area (Å²) in [7, 11) is 1.75. The number of nitrogens with zero attached hydrogens (tertiary/aromatic N) is 2. The lowest BCUT2D eigenvalue weighted by Crippen LogP contribution is -2.16. The zero-order valence-corrected chi connectivity index (χ0v) is 13.9. The van der Waals surface area contributed by atoms with Crippen LogP contribution in [0.2, 0.25) is 5.15 Å². The van der Waals surface area contributed by atoms with Gasteiger partial charge in [-0.1, -0.05) is 18.5 Å². The predicted molar refractivity (Wildman–Crippen MR) is 85.7 cm³/mol. The fraction of sp³-hybridized carbons (Fsp3) is 0.375. The number of esters is 1. The van der Waals surface area contributed by atoms with Crippen LogP contribution in [0.4, 0.5) is 0 Å². The van der Waals surface area contributed by atoms with Crippen molar-refractivity contribution in [2.45, 2.75) is 20.0 Å². The molecule has 0 aliphatic rings. The van der Waals surface area contributed by atoms with E-state index in [-0.39, 0.29) is 13.2 Å². The lowest BCUT2D eigenvalue weighted by Gasteiger charge is -2.08. The third kappa shape index (κ3) is 5.17. The normalized spacial score (nSPS) is 10.4. The monoisotopic (exact) mass is 338 g/mol. The fourth-order valence-corrected chi connectivity index (χ4v) is 1.89. The largest absolute Gasteiger partial charge is 0.494 e. The maximum Gasteiger partial charge on any atom is 0.344 e. The number of halogens is 1. The third-order valence-electron chi connectivity index (χ3n) is 3.04. The SMILES string of the molecule is CCCOc1ccc(OCC(=O)OCc2ncc(Cl)n2C)cc1. The van der Waals surface area contributed by atoms with Crippen molar-refractivity contribution >= 4 is 17.6 Å². The van der Waals surface area contributed by atoms with Gasteiger partial charge in [0, 0.05) is 7.05 Å². The molecule has 0 N–H and O–H groups in total. The highest BCUT2D eigenvalue weighted by Crippen LogP contribution is 2.17. The molecule has 23 heavy (non-hydrogen) atoms. The third-order valence-corrected chi connectivity index (χ3v) is 3.39. The lowest BCUT2D eigenvalue weighted by atomic mass is 10.3. The van der Waals surface area contributed by atoms with Crippen molar-refractivity contribution in [2.24, 2.45) is 7.05 Å². The molecule has 0 radical (unpaired) electrons. The Bertz CT molecular complexity index is 640. The van der Waals surface area contributed by atoms with E-state index in [9.17, 15) is 4.79 Å². The minimum Gasteiger partial charge on any atom is -0.494 e. The van der Waals surface area contributed by atoms with Gasteiger partial charge in [0.2, 0.25) is 0 Å². The summed E-state index contributed by atoms with van der Waals surface area (Å²) in [5.74, 6) is 1.44. The lowest BCUT2D eigenvalue weighted by molar-refractivity contribution is -0.147. The quantitative estimate of drug-likeness (QED) is 0.692. The van der Waals surface area contributed by atoms with Crippen molar-refractivity contribution in [3.8, 4) is 11.5 Å².